The maximum absolute atomic E-state index is 10.1. The van der Waals surface area contributed by atoms with Crippen molar-refractivity contribution in [2.45, 2.75) is 20.8 Å². The summed E-state index contributed by atoms with van der Waals surface area (Å²) >= 11 is 0. The summed E-state index contributed by atoms with van der Waals surface area (Å²) in [6.45, 7) is 3.89. The van der Waals surface area contributed by atoms with Crippen LogP contribution < -0.4 is 5.32 Å². The highest BCUT2D eigenvalue weighted by Gasteiger charge is 1.93. The topological polar surface area (TPSA) is 75.7 Å². The van der Waals surface area contributed by atoms with Crippen LogP contribution in [0.5, 0.6) is 0 Å². The van der Waals surface area contributed by atoms with Gasteiger partial charge in [-0.05, 0) is 14.1 Å². The van der Waals surface area contributed by atoms with Crippen LogP contribution in [0.4, 0.5) is 0 Å². The normalized spacial score (nSPS) is 7.44. The molecule has 0 saturated carbocycles. The Bertz CT molecular complexity index is 203. The van der Waals surface area contributed by atoms with Gasteiger partial charge in [0, 0.05) is 34.9 Å². The van der Waals surface area contributed by atoms with Gasteiger partial charge in [-0.3, -0.25) is 14.4 Å². The Morgan fingerprint density at radius 3 is 1.12 bits per heavy atom. The molecule has 0 aliphatic heterocycles. The number of carbonyl (C=O) groups excluding carboxylic acids is 3. The Balaban J connectivity index is -0.000000172. The zero-order valence-electron chi connectivity index (χ0n) is 11.1. The van der Waals surface area contributed by atoms with Crippen molar-refractivity contribution in [3.63, 3.8) is 0 Å². The lowest BCUT2D eigenvalue weighted by molar-refractivity contribution is -0.156. The number of nitrogens with one attached hydrogen (secondary N) is 1. The van der Waals surface area contributed by atoms with Gasteiger partial charge in [0.1, 0.15) is 0 Å². The van der Waals surface area contributed by atoms with E-state index in [4.69, 9.17) is 0 Å². The SMILES string of the molecule is CC(=O)N(C)C.CC(=O)OC(C)=O.CNC. The smallest absolute Gasteiger partial charge is 0.310 e. The highest BCUT2D eigenvalue weighted by Crippen LogP contribution is 1.73. The number of rotatable bonds is 0. The second kappa shape index (κ2) is 13.6. The highest BCUT2D eigenvalue weighted by molar-refractivity contribution is 5.82. The van der Waals surface area contributed by atoms with Gasteiger partial charge in [0.15, 0.2) is 0 Å². The molecule has 0 aromatic heterocycles. The molecule has 0 aliphatic carbocycles. The monoisotopic (exact) mass is 234 g/mol. The maximum atomic E-state index is 10.1. The average molecular weight is 234 g/mol. The lowest BCUT2D eigenvalue weighted by atomic mass is 10.7. The molecule has 0 radical (unpaired) electrons. The number of nitrogens with zero attached hydrogens (tertiary/aromatic N) is 1. The fraction of sp³-hybridized carbons (Fsp3) is 0.700. The fourth-order valence-electron chi connectivity index (χ4n) is 0.202. The van der Waals surface area contributed by atoms with Crippen LogP contribution in [0, 0.1) is 0 Å². The van der Waals surface area contributed by atoms with E-state index in [0.29, 0.717) is 0 Å². The third kappa shape index (κ3) is 39.0. The quantitative estimate of drug-likeness (QED) is 0.472. The largest absolute Gasteiger partial charge is 0.394 e. The predicted octanol–water partition coefficient (Wildman–Crippen LogP) is 0.0261. The molecular formula is C10H22N2O4. The molecule has 0 saturated heterocycles. The summed E-state index contributed by atoms with van der Waals surface area (Å²) in [6, 6.07) is 0. The van der Waals surface area contributed by atoms with E-state index < -0.39 is 11.9 Å². The summed E-state index contributed by atoms with van der Waals surface area (Å²) in [5, 5.41) is 2.75. The Morgan fingerprint density at radius 2 is 1.12 bits per heavy atom. The van der Waals surface area contributed by atoms with Crippen molar-refractivity contribution in [1.29, 1.82) is 0 Å². The minimum Gasteiger partial charge on any atom is -0.394 e. The van der Waals surface area contributed by atoms with Gasteiger partial charge in [0.2, 0.25) is 5.91 Å². The molecule has 0 aliphatic rings. The molecule has 0 spiro atoms. The molecule has 0 heterocycles. The molecule has 0 atom stereocenters. The lowest BCUT2D eigenvalue weighted by Crippen LogP contribution is -2.17. The van der Waals surface area contributed by atoms with Gasteiger partial charge in [0.25, 0.3) is 0 Å². The number of amides is 1. The Hall–Kier alpha value is -1.43. The number of esters is 2. The molecule has 96 valence electrons. The number of hydrogen-bond acceptors (Lipinski definition) is 5. The molecule has 6 heteroatoms. The summed E-state index contributed by atoms with van der Waals surface area (Å²) in [6.07, 6.45) is 0. The maximum Gasteiger partial charge on any atom is 0.310 e. The first-order valence-electron chi connectivity index (χ1n) is 4.64. The molecule has 0 aromatic rings. The van der Waals surface area contributed by atoms with Crippen molar-refractivity contribution < 1.29 is 19.1 Å². The van der Waals surface area contributed by atoms with Crippen LogP contribution in [0.1, 0.15) is 20.8 Å². The molecule has 0 fully saturated rings. The number of hydrogen-bond donors (Lipinski definition) is 1. The van der Waals surface area contributed by atoms with E-state index >= 15 is 0 Å². The molecule has 6 nitrogen and oxygen atoms in total. The minimum absolute atomic E-state index is 0.0926. The molecular weight excluding hydrogens is 212 g/mol. The van der Waals surface area contributed by atoms with Crippen LogP contribution in [-0.4, -0.2) is 50.9 Å². The molecule has 0 rings (SSSR count). The minimum atomic E-state index is -0.562. The van der Waals surface area contributed by atoms with Crippen molar-refractivity contribution in [1.82, 2.24) is 10.2 Å². The number of carbonyl (C=O) groups is 3. The first-order valence-corrected chi connectivity index (χ1v) is 4.64. The van der Waals surface area contributed by atoms with Crippen molar-refractivity contribution in [2.24, 2.45) is 0 Å². The van der Waals surface area contributed by atoms with Gasteiger partial charge < -0.3 is 15.0 Å². The summed E-state index contributed by atoms with van der Waals surface area (Å²) in [7, 11) is 7.20. The van der Waals surface area contributed by atoms with E-state index in [0.717, 1.165) is 0 Å². The van der Waals surface area contributed by atoms with Crippen molar-refractivity contribution in [2.75, 3.05) is 28.2 Å². The van der Waals surface area contributed by atoms with Crippen LogP contribution in [0.3, 0.4) is 0 Å². The Labute approximate surface area is 96.9 Å². The third-order valence-corrected chi connectivity index (χ3v) is 0.917. The van der Waals surface area contributed by atoms with Gasteiger partial charge in [-0.15, -0.1) is 0 Å². The summed E-state index contributed by atoms with van der Waals surface area (Å²) in [5.41, 5.74) is 0. The van der Waals surface area contributed by atoms with E-state index in [-0.39, 0.29) is 5.91 Å². The van der Waals surface area contributed by atoms with Crippen LogP contribution in [0.2, 0.25) is 0 Å². The van der Waals surface area contributed by atoms with Gasteiger partial charge in [-0.25, -0.2) is 0 Å². The summed E-state index contributed by atoms with van der Waals surface area (Å²) in [5.74, 6) is -1.03. The highest BCUT2D eigenvalue weighted by atomic mass is 16.6. The zero-order chi connectivity index (χ0) is 13.7. The third-order valence-electron chi connectivity index (χ3n) is 0.917. The lowest BCUT2D eigenvalue weighted by Gasteiger charge is -2.02. The van der Waals surface area contributed by atoms with Crippen LogP contribution in [0.25, 0.3) is 0 Å². The van der Waals surface area contributed by atoms with Gasteiger partial charge in [-0.2, -0.15) is 0 Å². The van der Waals surface area contributed by atoms with E-state index in [1.54, 1.807) is 14.1 Å². The molecule has 0 unspecified atom stereocenters. The van der Waals surface area contributed by atoms with E-state index in [1.165, 1.54) is 25.7 Å². The molecule has 1 N–H and O–H groups in total. The van der Waals surface area contributed by atoms with Gasteiger partial charge in [0.05, 0.1) is 0 Å². The summed E-state index contributed by atoms with van der Waals surface area (Å²) in [4.78, 5) is 31.2. The van der Waals surface area contributed by atoms with Crippen molar-refractivity contribution in [3.8, 4) is 0 Å². The number of ether oxygens (including phenoxy) is 1. The van der Waals surface area contributed by atoms with Crippen LogP contribution >= 0.6 is 0 Å². The summed E-state index contributed by atoms with van der Waals surface area (Å²) < 4.78 is 3.97. The van der Waals surface area contributed by atoms with Gasteiger partial charge in [-0.1, -0.05) is 0 Å². The van der Waals surface area contributed by atoms with E-state index in [1.807, 2.05) is 14.1 Å². The van der Waals surface area contributed by atoms with Crippen molar-refractivity contribution in [3.05, 3.63) is 0 Å². The fourth-order valence-corrected chi connectivity index (χ4v) is 0.202. The Kier molecular flexibility index (Phi) is 17.0. The van der Waals surface area contributed by atoms with Crippen LogP contribution in [-0.2, 0) is 19.1 Å². The first-order chi connectivity index (χ1) is 7.18. The first kappa shape index (κ1) is 20.0. The van der Waals surface area contributed by atoms with Crippen molar-refractivity contribution >= 4 is 17.8 Å². The molecule has 0 aromatic carbocycles. The molecule has 16 heavy (non-hydrogen) atoms. The molecule has 1 amide bonds. The second-order valence-electron chi connectivity index (χ2n) is 3.00. The Morgan fingerprint density at radius 1 is 0.938 bits per heavy atom. The molecule has 0 bridgehead atoms. The van der Waals surface area contributed by atoms with Gasteiger partial charge >= 0.3 is 11.9 Å². The van der Waals surface area contributed by atoms with Crippen LogP contribution in [0.15, 0.2) is 0 Å². The zero-order valence-corrected chi connectivity index (χ0v) is 11.1. The average Bonchev–Trinajstić information content (AvgIpc) is 2.03. The standard InChI is InChI=1S/C4H9NO.C4H6O3.C2H7N/c1-4(6)5(2)3;1-3(5)7-4(2)6;1-3-2/h1-3H3;1-2H3;3H,1-2H3. The van der Waals surface area contributed by atoms with E-state index in [2.05, 4.69) is 10.1 Å². The van der Waals surface area contributed by atoms with E-state index in [9.17, 15) is 14.4 Å². The second-order valence-corrected chi connectivity index (χ2v) is 3.00. The predicted molar refractivity (Wildman–Crippen MR) is 61.8 cm³/mol.